The van der Waals surface area contributed by atoms with Crippen LogP contribution in [0.3, 0.4) is 0 Å². The number of amides is 1. The molecule has 0 bridgehead atoms. The first-order chi connectivity index (χ1) is 7.99. The molecule has 1 aliphatic rings. The van der Waals surface area contributed by atoms with Gasteiger partial charge in [0.1, 0.15) is 0 Å². The van der Waals surface area contributed by atoms with Crippen LogP contribution in [0.1, 0.15) is 17.3 Å². The first kappa shape index (κ1) is 11.4. The monoisotopic (exact) mass is 231 g/mol. The molecule has 6 heteroatoms. The second-order valence-electron chi connectivity index (χ2n) is 3.79. The molecule has 1 aliphatic heterocycles. The number of carbonyl (C=O) groups excluding carboxylic acids is 2. The maximum absolute atomic E-state index is 11.4. The third-order valence-corrected chi connectivity index (χ3v) is 2.40. The van der Waals surface area contributed by atoms with E-state index in [0.717, 1.165) is 0 Å². The quantitative estimate of drug-likeness (QED) is 0.557. The van der Waals surface area contributed by atoms with E-state index in [-0.39, 0.29) is 11.5 Å². The number of nitrogens with one attached hydrogen (secondary N) is 1. The van der Waals surface area contributed by atoms with Gasteiger partial charge >= 0.3 is 13.1 Å². The lowest BCUT2D eigenvalue weighted by Crippen LogP contribution is -2.28. The van der Waals surface area contributed by atoms with Crippen LogP contribution in [0, 0.1) is 0 Å². The van der Waals surface area contributed by atoms with Gasteiger partial charge in [0.15, 0.2) is 0 Å². The first-order valence-electron chi connectivity index (χ1n) is 4.99. The van der Waals surface area contributed by atoms with Crippen LogP contribution in [0.4, 0.5) is 5.69 Å². The second kappa shape index (κ2) is 4.06. The van der Waals surface area contributed by atoms with Crippen molar-refractivity contribution in [2.45, 2.75) is 6.92 Å². The fraction of sp³-hybridized carbons (Fsp3) is 0.0909. The van der Waals surface area contributed by atoms with Gasteiger partial charge in [-0.25, -0.2) is 4.79 Å². The van der Waals surface area contributed by atoms with E-state index in [1.807, 2.05) is 0 Å². The molecule has 0 unspecified atom stereocenters. The Morgan fingerprint density at radius 1 is 1.53 bits per heavy atom. The van der Waals surface area contributed by atoms with Gasteiger partial charge in [-0.05, 0) is 19.1 Å². The Labute approximate surface area is 98.2 Å². The zero-order valence-corrected chi connectivity index (χ0v) is 9.19. The molecule has 0 aromatic heterocycles. The fourth-order valence-corrected chi connectivity index (χ4v) is 1.49. The number of fused-ring (bicyclic) bond motifs is 1. The molecule has 2 N–H and O–H groups in total. The fourth-order valence-electron chi connectivity index (χ4n) is 1.49. The van der Waals surface area contributed by atoms with E-state index >= 15 is 0 Å². The van der Waals surface area contributed by atoms with Crippen LogP contribution in [-0.4, -0.2) is 24.0 Å². The molecule has 1 heterocycles. The minimum Gasteiger partial charge on any atom is -0.502 e. The molecule has 0 aliphatic carbocycles. The summed E-state index contributed by atoms with van der Waals surface area (Å²) >= 11 is 0. The molecule has 0 radical (unpaired) electrons. The predicted octanol–water partition coefficient (Wildman–Crippen LogP) is 0.0591. The number of benzene rings is 1. The van der Waals surface area contributed by atoms with E-state index in [4.69, 9.17) is 0 Å². The topological polar surface area (TPSA) is 75.6 Å². The zero-order valence-electron chi connectivity index (χ0n) is 9.19. The summed E-state index contributed by atoms with van der Waals surface area (Å²) in [5.74, 6) is -0.921. The number of anilines is 1. The van der Waals surface area contributed by atoms with E-state index in [1.165, 1.54) is 6.07 Å². The van der Waals surface area contributed by atoms with Gasteiger partial charge in [0.2, 0.25) is 0 Å². The van der Waals surface area contributed by atoms with Gasteiger partial charge in [-0.15, -0.1) is 0 Å². The van der Waals surface area contributed by atoms with Crippen LogP contribution in [0.15, 0.2) is 30.4 Å². The highest BCUT2D eigenvalue weighted by atomic mass is 16.6. The molecule has 1 amide bonds. The van der Waals surface area contributed by atoms with Crippen molar-refractivity contribution in [3.63, 3.8) is 0 Å². The van der Waals surface area contributed by atoms with Crippen molar-refractivity contribution in [3.8, 4) is 0 Å². The molecule has 0 spiro atoms. The lowest BCUT2D eigenvalue weighted by Gasteiger charge is -2.05. The highest BCUT2D eigenvalue weighted by Gasteiger charge is 2.35. The molecule has 2 rings (SSSR count). The summed E-state index contributed by atoms with van der Waals surface area (Å²) in [6.45, 7) is 5.09. The van der Waals surface area contributed by atoms with Crippen LogP contribution < -0.4 is 10.8 Å². The molecule has 17 heavy (non-hydrogen) atoms. The normalized spacial score (nSPS) is 13.1. The first-order valence-corrected chi connectivity index (χ1v) is 4.99. The van der Waals surface area contributed by atoms with Crippen molar-refractivity contribution in [2.75, 3.05) is 5.32 Å². The third kappa shape index (κ3) is 2.07. The molecule has 0 fully saturated rings. The Balaban J connectivity index is 2.29. The smallest absolute Gasteiger partial charge is 0.502 e. The summed E-state index contributed by atoms with van der Waals surface area (Å²) in [4.78, 5) is 22.7. The minimum absolute atomic E-state index is 0.261. The van der Waals surface area contributed by atoms with Crippen molar-refractivity contribution in [2.24, 2.45) is 0 Å². The summed E-state index contributed by atoms with van der Waals surface area (Å²) in [7, 11) is -1.22. The molecular formula is C11H10BNO4. The van der Waals surface area contributed by atoms with E-state index in [1.54, 1.807) is 19.1 Å². The van der Waals surface area contributed by atoms with E-state index in [9.17, 15) is 14.6 Å². The van der Waals surface area contributed by atoms with Gasteiger partial charge in [-0.3, -0.25) is 4.79 Å². The Morgan fingerprint density at radius 2 is 2.24 bits per heavy atom. The average molecular weight is 231 g/mol. The Hall–Kier alpha value is -2.08. The molecular weight excluding hydrogens is 221 g/mol. The SMILES string of the molecule is C=C(C)C(=O)Nc1ccc2c(c1)C(=O)OB2O. The summed E-state index contributed by atoms with van der Waals surface area (Å²) in [6, 6.07) is 4.60. The van der Waals surface area contributed by atoms with Crippen LogP contribution >= 0.6 is 0 Å². The molecule has 1 aromatic carbocycles. The molecule has 1 aromatic rings. The maximum atomic E-state index is 11.4. The standard InChI is InChI=1S/C11H10BNO4/c1-6(2)10(14)13-7-3-4-9-8(5-7)11(15)17-12(9)16/h3-5,16H,1H2,2H3,(H,13,14). The van der Waals surface area contributed by atoms with E-state index < -0.39 is 13.1 Å². The molecule has 0 saturated carbocycles. The summed E-state index contributed by atoms with van der Waals surface area (Å²) < 4.78 is 4.63. The van der Waals surface area contributed by atoms with Crippen LogP contribution in [0.2, 0.25) is 0 Å². The largest absolute Gasteiger partial charge is 0.563 e. The molecule has 0 saturated heterocycles. The van der Waals surface area contributed by atoms with Crippen LogP contribution in [0.25, 0.3) is 0 Å². The minimum atomic E-state index is -1.22. The predicted molar refractivity (Wildman–Crippen MR) is 62.9 cm³/mol. The Morgan fingerprint density at radius 3 is 2.88 bits per heavy atom. The lowest BCUT2D eigenvalue weighted by atomic mass is 9.79. The zero-order chi connectivity index (χ0) is 12.6. The number of hydrogen-bond acceptors (Lipinski definition) is 4. The van der Waals surface area contributed by atoms with Crippen LogP contribution in [0.5, 0.6) is 0 Å². The van der Waals surface area contributed by atoms with Gasteiger partial charge in [0, 0.05) is 16.7 Å². The van der Waals surface area contributed by atoms with Gasteiger partial charge in [-0.2, -0.15) is 0 Å². The third-order valence-electron chi connectivity index (χ3n) is 2.40. The van der Waals surface area contributed by atoms with E-state index in [2.05, 4.69) is 16.6 Å². The number of hydrogen-bond donors (Lipinski definition) is 2. The lowest BCUT2D eigenvalue weighted by molar-refractivity contribution is -0.112. The average Bonchev–Trinajstić information content (AvgIpc) is 2.54. The maximum Gasteiger partial charge on any atom is 0.563 e. The summed E-state index contributed by atoms with van der Waals surface area (Å²) in [5.41, 5.74) is 1.50. The van der Waals surface area contributed by atoms with Gasteiger partial charge < -0.3 is 15.0 Å². The van der Waals surface area contributed by atoms with Crippen LogP contribution in [-0.2, 0) is 9.45 Å². The molecule has 5 nitrogen and oxygen atoms in total. The second-order valence-corrected chi connectivity index (χ2v) is 3.79. The number of rotatable bonds is 2. The Kier molecular flexibility index (Phi) is 2.73. The summed E-state index contributed by atoms with van der Waals surface area (Å²) in [6.07, 6.45) is 0. The molecule has 86 valence electrons. The van der Waals surface area contributed by atoms with Gasteiger partial charge in [-0.1, -0.05) is 12.6 Å². The van der Waals surface area contributed by atoms with Crippen molar-refractivity contribution >= 4 is 30.1 Å². The molecule has 0 atom stereocenters. The van der Waals surface area contributed by atoms with Crippen molar-refractivity contribution in [3.05, 3.63) is 35.9 Å². The highest BCUT2D eigenvalue weighted by Crippen LogP contribution is 2.16. The highest BCUT2D eigenvalue weighted by molar-refractivity contribution is 6.66. The van der Waals surface area contributed by atoms with Gasteiger partial charge in [0.25, 0.3) is 5.91 Å². The van der Waals surface area contributed by atoms with Gasteiger partial charge in [0.05, 0.1) is 5.56 Å². The summed E-state index contributed by atoms with van der Waals surface area (Å²) in [5, 5.41) is 11.9. The van der Waals surface area contributed by atoms with Crippen molar-refractivity contribution < 1.29 is 19.3 Å². The number of carbonyl (C=O) groups is 2. The van der Waals surface area contributed by atoms with Crippen molar-refractivity contribution in [1.29, 1.82) is 0 Å². The van der Waals surface area contributed by atoms with Crippen molar-refractivity contribution in [1.82, 2.24) is 0 Å². The van der Waals surface area contributed by atoms with E-state index in [0.29, 0.717) is 16.7 Å². The Bertz CT molecular complexity index is 526.